The van der Waals surface area contributed by atoms with Crippen molar-refractivity contribution in [2.45, 2.75) is 43.7 Å². The number of methoxy groups -OCH3 is 4. The number of hydrogen-bond donors (Lipinski definition) is 1. The van der Waals surface area contributed by atoms with Gasteiger partial charge < -0.3 is 29.2 Å². The molecule has 278 valence electrons. The van der Waals surface area contributed by atoms with Crippen LogP contribution in [-0.4, -0.2) is 72.7 Å². The van der Waals surface area contributed by atoms with Crippen LogP contribution in [0.5, 0.6) is 23.0 Å². The predicted octanol–water partition coefficient (Wildman–Crippen LogP) is 6.78. The highest BCUT2D eigenvalue weighted by Gasteiger charge is 2.36. The van der Waals surface area contributed by atoms with E-state index in [2.05, 4.69) is 5.32 Å². The molecule has 0 aliphatic heterocycles. The van der Waals surface area contributed by atoms with E-state index in [0.717, 1.165) is 22.7 Å². The third kappa shape index (κ3) is 9.61. The average Bonchev–Trinajstić information content (AvgIpc) is 3.15. The number of amides is 2. The molecule has 0 aliphatic rings. The van der Waals surface area contributed by atoms with Crippen LogP contribution in [0.15, 0.2) is 89.8 Å². The number of halogens is 2. The molecule has 4 aromatic carbocycles. The van der Waals surface area contributed by atoms with Gasteiger partial charge in [0.15, 0.2) is 11.5 Å². The zero-order chi connectivity index (χ0) is 37.8. The van der Waals surface area contributed by atoms with Gasteiger partial charge in [-0.3, -0.25) is 13.9 Å². The number of ether oxygens (including phenoxy) is 4. The molecule has 0 aliphatic carbocycles. The Morgan fingerprint density at radius 3 is 2.06 bits per heavy atom. The first-order valence-electron chi connectivity index (χ1n) is 16.5. The third-order valence-corrected chi connectivity index (χ3v) is 10.8. The molecule has 52 heavy (non-hydrogen) atoms. The number of unbranched alkanes of at least 4 members (excludes halogenated alkanes) is 1. The lowest BCUT2D eigenvalue weighted by Crippen LogP contribution is -2.53. The first-order chi connectivity index (χ1) is 25.0. The Morgan fingerprint density at radius 1 is 0.788 bits per heavy atom. The van der Waals surface area contributed by atoms with Gasteiger partial charge >= 0.3 is 0 Å². The molecule has 1 N–H and O–H groups in total. The van der Waals surface area contributed by atoms with E-state index >= 15 is 0 Å². The van der Waals surface area contributed by atoms with Crippen LogP contribution < -0.4 is 28.6 Å². The van der Waals surface area contributed by atoms with Gasteiger partial charge in [-0.05, 0) is 48.4 Å². The first-order valence-corrected chi connectivity index (χ1v) is 18.7. The van der Waals surface area contributed by atoms with Crippen LogP contribution >= 0.6 is 23.2 Å². The van der Waals surface area contributed by atoms with Gasteiger partial charge in [0.25, 0.3) is 10.0 Å². The first kappa shape index (κ1) is 40.1. The van der Waals surface area contributed by atoms with Crippen LogP contribution in [0.2, 0.25) is 10.0 Å². The molecule has 0 saturated heterocycles. The van der Waals surface area contributed by atoms with E-state index in [1.807, 2.05) is 37.3 Å². The fraction of sp³-hybridized carbons (Fsp3) is 0.316. The Labute approximate surface area is 315 Å². The average molecular weight is 773 g/mol. The van der Waals surface area contributed by atoms with E-state index in [9.17, 15) is 18.0 Å². The summed E-state index contributed by atoms with van der Waals surface area (Å²) in [6.07, 6.45) is 1.69. The van der Waals surface area contributed by atoms with Crippen molar-refractivity contribution in [3.8, 4) is 23.0 Å². The monoisotopic (exact) mass is 771 g/mol. The standard InChI is InChI=1S/C38H43Cl2N3O8S/c1-6-7-20-41-38(45)33(21-26-12-9-8-10-13-26)42(24-29-30(39)14-11-15-31(29)40)37(44)25-43(32-22-27(48-2)16-18-34(32)49-3)52(46,47)28-17-19-35(50-4)36(23-28)51-5/h8-19,22-23,33H,6-7,20-21,24-25H2,1-5H3,(H,41,45). The van der Waals surface area contributed by atoms with E-state index in [0.29, 0.717) is 23.6 Å². The molecule has 0 fully saturated rings. The Bertz CT molecular complexity index is 1930. The molecular formula is C38H43Cl2N3O8S. The van der Waals surface area contributed by atoms with Gasteiger partial charge in [0.05, 0.1) is 39.0 Å². The van der Waals surface area contributed by atoms with E-state index < -0.39 is 34.4 Å². The number of benzene rings is 4. The van der Waals surface area contributed by atoms with E-state index in [1.54, 1.807) is 24.3 Å². The number of sulfonamides is 1. The highest BCUT2D eigenvalue weighted by Crippen LogP contribution is 2.38. The maximum Gasteiger partial charge on any atom is 0.265 e. The summed E-state index contributed by atoms with van der Waals surface area (Å²) in [5.41, 5.74) is 1.20. The minimum Gasteiger partial charge on any atom is -0.497 e. The van der Waals surface area contributed by atoms with Gasteiger partial charge in [-0.25, -0.2) is 8.42 Å². The second-order valence-corrected chi connectivity index (χ2v) is 14.3. The predicted molar refractivity (Wildman–Crippen MR) is 202 cm³/mol. The van der Waals surface area contributed by atoms with Crippen LogP contribution in [0.25, 0.3) is 0 Å². The molecule has 14 heteroatoms. The smallest absolute Gasteiger partial charge is 0.265 e. The lowest BCUT2D eigenvalue weighted by molar-refractivity contribution is -0.140. The minimum absolute atomic E-state index is 0.0210. The maximum absolute atomic E-state index is 14.9. The number of hydrogen-bond acceptors (Lipinski definition) is 8. The number of carbonyl (C=O) groups excluding carboxylic acids is 2. The molecule has 1 atom stereocenters. The topological polar surface area (TPSA) is 124 Å². The summed E-state index contributed by atoms with van der Waals surface area (Å²) in [5, 5.41) is 3.51. The lowest BCUT2D eigenvalue weighted by Gasteiger charge is -2.34. The molecule has 4 aromatic rings. The zero-order valence-electron chi connectivity index (χ0n) is 29.7. The van der Waals surface area contributed by atoms with Crippen molar-refractivity contribution in [1.29, 1.82) is 0 Å². The van der Waals surface area contributed by atoms with Crippen LogP contribution in [-0.2, 0) is 32.6 Å². The zero-order valence-corrected chi connectivity index (χ0v) is 32.1. The minimum atomic E-state index is -4.55. The van der Waals surface area contributed by atoms with Crippen LogP contribution in [0.1, 0.15) is 30.9 Å². The maximum atomic E-state index is 14.9. The molecule has 2 amide bonds. The highest BCUT2D eigenvalue weighted by molar-refractivity contribution is 7.92. The number of nitrogens with zero attached hydrogens (tertiary/aromatic N) is 2. The SMILES string of the molecule is CCCCNC(=O)C(Cc1ccccc1)N(Cc1c(Cl)cccc1Cl)C(=O)CN(c1cc(OC)ccc1OC)S(=O)(=O)c1ccc(OC)c(OC)c1. The number of nitrogens with one attached hydrogen (secondary N) is 1. The summed E-state index contributed by atoms with van der Waals surface area (Å²) in [5.74, 6) is -0.194. The van der Waals surface area contributed by atoms with Crippen molar-refractivity contribution in [1.82, 2.24) is 10.2 Å². The third-order valence-electron chi connectivity index (χ3n) is 8.37. The molecule has 0 radical (unpaired) electrons. The summed E-state index contributed by atoms with van der Waals surface area (Å²) >= 11 is 13.2. The lowest BCUT2D eigenvalue weighted by atomic mass is 10.0. The van der Waals surface area contributed by atoms with E-state index in [1.165, 1.54) is 63.7 Å². The van der Waals surface area contributed by atoms with Crippen LogP contribution in [0.3, 0.4) is 0 Å². The normalized spacial score (nSPS) is 11.7. The summed E-state index contributed by atoms with van der Waals surface area (Å²) < 4.78 is 52.1. The Balaban J connectivity index is 1.92. The molecule has 0 spiro atoms. The van der Waals surface area contributed by atoms with Crippen LogP contribution in [0, 0.1) is 0 Å². The highest BCUT2D eigenvalue weighted by atomic mass is 35.5. The summed E-state index contributed by atoms with van der Waals surface area (Å²) in [4.78, 5) is 30.1. The largest absolute Gasteiger partial charge is 0.497 e. The van der Waals surface area contributed by atoms with Gasteiger partial charge in [0, 0.05) is 47.3 Å². The summed E-state index contributed by atoms with van der Waals surface area (Å²) in [7, 11) is 1.09. The van der Waals surface area contributed by atoms with Gasteiger partial charge in [-0.2, -0.15) is 0 Å². The number of rotatable bonds is 18. The molecule has 0 heterocycles. The summed E-state index contributed by atoms with van der Waals surface area (Å²) in [6.45, 7) is 1.44. The second kappa shape index (κ2) is 18.7. The van der Waals surface area contributed by atoms with Crippen molar-refractivity contribution in [2.75, 3.05) is 45.8 Å². The van der Waals surface area contributed by atoms with Gasteiger partial charge in [0.2, 0.25) is 11.8 Å². The molecule has 0 saturated carbocycles. The molecule has 11 nitrogen and oxygen atoms in total. The Morgan fingerprint density at radius 2 is 1.44 bits per heavy atom. The summed E-state index contributed by atoms with van der Waals surface area (Å²) in [6, 6.07) is 21.8. The molecule has 0 bridgehead atoms. The molecular weight excluding hydrogens is 729 g/mol. The van der Waals surface area contributed by atoms with Crippen molar-refractivity contribution in [3.05, 3.63) is 106 Å². The van der Waals surface area contributed by atoms with Crippen molar-refractivity contribution in [3.63, 3.8) is 0 Å². The van der Waals surface area contributed by atoms with E-state index in [4.69, 9.17) is 42.1 Å². The van der Waals surface area contributed by atoms with E-state index in [-0.39, 0.29) is 45.1 Å². The Hall–Kier alpha value is -4.65. The molecule has 1 unspecified atom stereocenters. The van der Waals surface area contributed by atoms with Crippen LogP contribution in [0.4, 0.5) is 5.69 Å². The number of anilines is 1. The van der Waals surface area contributed by atoms with Crippen molar-refractivity contribution < 1.29 is 37.0 Å². The molecule has 0 aromatic heterocycles. The van der Waals surface area contributed by atoms with Gasteiger partial charge in [-0.1, -0.05) is 72.9 Å². The van der Waals surface area contributed by atoms with Gasteiger partial charge in [-0.15, -0.1) is 0 Å². The quantitative estimate of drug-likeness (QED) is 0.110. The van der Waals surface area contributed by atoms with Crippen molar-refractivity contribution in [2.24, 2.45) is 0 Å². The fourth-order valence-electron chi connectivity index (χ4n) is 5.52. The number of carbonyl (C=O) groups is 2. The molecule has 4 rings (SSSR count). The van der Waals surface area contributed by atoms with Gasteiger partial charge in [0.1, 0.15) is 24.1 Å². The second-order valence-electron chi connectivity index (χ2n) is 11.6. The Kier molecular flexibility index (Phi) is 14.4. The van der Waals surface area contributed by atoms with Crippen molar-refractivity contribution >= 4 is 50.7 Å². The fourth-order valence-corrected chi connectivity index (χ4v) is 7.47.